The van der Waals surface area contributed by atoms with Gasteiger partial charge in [-0.25, -0.2) is 0 Å². The zero-order valence-electron chi connectivity index (χ0n) is 16.7. The predicted molar refractivity (Wildman–Crippen MR) is 123 cm³/mol. The lowest BCUT2D eigenvalue weighted by molar-refractivity contribution is 0.188. The monoisotopic (exact) mass is 495 g/mol. The molecule has 1 saturated heterocycles. The summed E-state index contributed by atoms with van der Waals surface area (Å²) in [6.45, 7) is 10.7. The van der Waals surface area contributed by atoms with Crippen LogP contribution in [0.3, 0.4) is 0 Å². The van der Waals surface area contributed by atoms with E-state index in [1.807, 2.05) is 19.3 Å². The Morgan fingerprint density at radius 2 is 2.04 bits per heavy atom. The average molecular weight is 496 g/mol. The van der Waals surface area contributed by atoms with Gasteiger partial charge in [0.15, 0.2) is 5.96 Å². The fraction of sp³-hybridized carbons (Fsp3) is 0.737. The summed E-state index contributed by atoms with van der Waals surface area (Å²) in [4.78, 5) is 9.67. The van der Waals surface area contributed by atoms with Gasteiger partial charge in [-0.2, -0.15) is 0 Å². The van der Waals surface area contributed by atoms with E-state index in [0.717, 1.165) is 30.6 Å². The van der Waals surface area contributed by atoms with Crippen molar-refractivity contribution in [3.05, 3.63) is 23.0 Å². The fourth-order valence-electron chi connectivity index (χ4n) is 3.44. The van der Waals surface area contributed by atoms with Crippen molar-refractivity contribution in [2.24, 2.45) is 18.0 Å². The number of halogens is 2. The summed E-state index contributed by atoms with van der Waals surface area (Å²) in [6, 6.07) is 2.02. The molecule has 0 bridgehead atoms. The highest BCUT2D eigenvalue weighted by atomic mass is 127. The van der Waals surface area contributed by atoms with Gasteiger partial charge < -0.3 is 19.7 Å². The SMILES string of the molecule is CCCN1CCC(CN=C(NCC)N(C)Cc2cc(Cl)cn2C)CC1.I. The van der Waals surface area contributed by atoms with E-state index in [4.69, 9.17) is 16.6 Å². The molecule has 1 aromatic heterocycles. The first kappa shape index (κ1) is 23.6. The number of rotatable bonds is 7. The maximum Gasteiger partial charge on any atom is 0.194 e. The normalized spacial score (nSPS) is 16.4. The Hall–Kier alpha value is -0.470. The van der Waals surface area contributed by atoms with E-state index in [2.05, 4.69) is 40.6 Å². The lowest BCUT2D eigenvalue weighted by Gasteiger charge is -2.31. The standard InChI is InChI=1S/C19H34ClN5.HI/c1-5-9-25-10-7-16(8-11-25)13-22-19(21-6-2)24(4)15-18-12-17(20)14-23(18)3;/h12,14,16H,5-11,13,15H2,1-4H3,(H,21,22);1H. The molecule has 1 aliphatic heterocycles. The van der Waals surface area contributed by atoms with Crippen LogP contribution in [0.5, 0.6) is 0 Å². The van der Waals surface area contributed by atoms with Crippen LogP contribution in [0, 0.1) is 5.92 Å². The van der Waals surface area contributed by atoms with Crippen molar-refractivity contribution in [3.8, 4) is 0 Å². The molecule has 1 aliphatic rings. The first-order valence-electron chi connectivity index (χ1n) is 9.56. The molecule has 0 unspecified atom stereocenters. The molecule has 2 rings (SSSR count). The number of nitrogens with one attached hydrogen (secondary N) is 1. The van der Waals surface area contributed by atoms with E-state index >= 15 is 0 Å². The summed E-state index contributed by atoms with van der Waals surface area (Å²) in [5.41, 5.74) is 1.19. The average Bonchev–Trinajstić information content (AvgIpc) is 2.90. The second-order valence-electron chi connectivity index (χ2n) is 7.10. The Balaban J connectivity index is 0.00000338. The van der Waals surface area contributed by atoms with Crippen molar-refractivity contribution in [1.82, 2.24) is 19.7 Å². The van der Waals surface area contributed by atoms with E-state index in [9.17, 15) is 0 Å². The van der Waals surface area contributed by atoms with Gasteiger partial charge in [-0.1, -0.05) is 18.5 Å². The zero-order valence-corrected chi connectivity index (χ0v) is 19.8. The van der Waals surface area contributed by atoms with E-state index in [-0.39, 0.29) is 24.0 Å². The molecular formula is C19H35ClIN5. The zero-order chi connectivity index (χ0) is 18.2. The van der Waals surface area contributed by atoms with Gasteiger partial charge in [-0.05, 0) is 57.8 Å². The van der Waals surface area contributed by atoms with Crippen LogP contribution >= 0.6 is 35.6 Å². The summed E-state index contributed by atoms with van der Waals surface area (Å²) in [5.74, 6) is 1.69. The molecule has 1 N–H and O–H groups in total. The van der Waals surface area contributed by atoms with Gasteiger partial charge in [0.1, 0.15) is 0 Å². The van der Waals surface area contributed by atoms with Crippen LogP contribution in [0.4, 0.5) is 0 Å². The Morgan fingerprint density at radius 1 is 1.35 bits per heavy atom. The number of aryl methyl sites for hydroxylation is 1. The molecule has 26 heavy (non-hydrogen) atoms. The first-order chi connectivity index (χ1) is 12.0. The quantitative estimate of drug-likeness (QED) is 0.355. The largest absolute Gasteiger partial charge is 0.357 e. The third kappa shape index (κ3) is 7.27. The van der Waals surface area contributed by atoms with Gasteiger partial charge in [0, 0.05) is 39.1 Å². The van der Waals surface area contributed by atoms with E-state index < -0.39 is 0 Å². The van der Waals surface area contributed by atoms with Gasteiger partial charge in [0.25, 0.3) is 0 Å². The number of aromatic nitrogens is 1. The fourth-order valence-corrected chi connectivity index (χ4v) is 3.71. The molecule has 0 amide bonds. The molecule has 1 aromatic rings. The van der Waals surface area contributed by atoms with Crippen molar-refractivity contribution in [2.75, 3.05) is 39.8 Å². The Bertz CT molecular complexity index is 552. The summed E-state index contributed by atoms with van der Waals surface area (Å²) in [6.07, 6.45) is 5.72. The third-order valence-electron chi connectivity index (χ3n) is 4.92. The summed E-state index contributed by atoms with van der Waals surface area (Å²) < 4.78 is 2.08. The molecule has 0 atom stereocenters. The first-order valence-corrected chi connectivity index (χ1v) is 9.93. The van der Waals surface area contributed by atoms with Gasteiger partial charge in [-0.15, -0.1) is 24.0 Å². The number of nitrogens with zero attached hydrogens (tertiary/aromatic N) is 4. The molecule has 0 saturated carbocycles. The number of piperidine rings is 1. The topological polar surface area (TPSA) is 35.8 Å². The van der Waals surface area contributed by atoms with Crippen LogP contribution in [-0.2, 0) is 13.6 Å². The second-order valence-corrected chi connectivity index (χ2v) is 7.53. The van der Waals surface area contributed by atoms with Crippen LogP contribution in [0.25, 0.3) is 0 Å². The molecule has 0 radical (unpaired) electrons. The van der Waals surface area contributed by atoms with Gasteiger partial charge in [0.05, 0.1) is 11.6 Å². The molecule has 0 spiro atoms. The Labute approximate surface area is 181 Å². The van der Waals surface area contributed by atoms with Gasteiger partial charge in [-0.3, -0.25) is 4.99 Å². The van der Waals surface area contributed by atoms with Crippen molar-refractivity contribution < 1.29 is 0 Å². The van der Waals surface area contributed by atoms with Crippen molar-refractivity contribution in [1.29, 1.82) is 0 Å². The van der Waals surface area contributed by atoms with Crippen LogP contribution in [0.1, 0.15) is 38.8 Å². The number of aliphatic imine (C=N–C) groups is 1. The predicted octanol–water partition coefficient (Wildman–Crippen LogP) is 3.82. The van der Waals surface area contributed by atoms with Crippen LogP contribution in [0.15, 0.2) is 17.3 Å². The van der Waals surface area contributed by atoms with E-state index in [1.54, 1.807) is 0 Å². The second kappa shape index (κ2) is 12.1. The Morgan fingerprint density at radius 3 is 2.58 bits per heavy atom. The van der Waals surface area contributed by atoms with Crippen molar-refractivity contribution >= 4 is 41.5 Å². The number of guanidine groups is 1. The molecule has 5 nitrogen and oxygen atoms in total. The van der Waals surface area contributed by atoms with Crippen LogP contribution < -0.4 is 5.32 Å². The highest BCUT2D eigenvalue weighted by Crippen LogP contribution is 2.18. The minimum absolute atomic E-state index is 0. The molecule has 0 aliphatic carbocycles. The van der Waals surface area contributed by atoms with E-state index in [0.29, 0.717) is 5.92 Å². The molecule has 150 valence electrons. The highest BCUT2D eigenvalue weighted by Gasteiger charge is 2.19. The number of hydrogen-bond donors (Lipinski definition) is 1. The molecular weight excluding hydrogens is 461 g/mol. The molecule has 0 aromatic carbocycles. The van der Waals surface area contributed by atoms with E-state index in [1.165, 1.54) is 44.6 Å². The summed E-state index contributed by atoms with van der Waals surface area (Å²) in [7, 11) is 4.12. The number of likely N-dealkylation sites (tertiary alicyclic amines) is 1. The molecule has 1 fully saturated rings. The highest BCUT2D eigenvalue weighted by molar-refractivity contribution is 14.0. The molecule has 2 heterocycles. The molecule has 7 heteroatoms. The number of hydrogen-bond acceptors (Lipinski definition) is 2. The van der Waals surface area contributed by atoms with Gasteiger partial charge in [0.2, 0.25) is 0 Å². The maximum atomic E-state index is 6.10. The van der Waals surface area contributed by atoms with Crippen LogP contribution in [-0.4, -0.2) is 60.1 Å². The summed E-state index contributed by atoms with van der Waals surface area (Å²) >= 11 is 6.10. The van der Waals surface area contributed by atoms with Gasteiger partial charge >= 0.3 is 0 Å². The minimum Gasteiger partial charge on any atom is -0.357 e. The maximum absolute atomic E-state index is 6.10. The lowest BCUT2D eigenvalue weighted by atomic mass is 9.97. The minimum atomic E-state index is 0. The third-order valence-corrected chi connectivity index (χ3v) is 5.12. The van der Waals surface area contributed by atoms with Crippen molar-refractivity contribution in [3.63, 3.8) is 0 Å². The van der Waals surface area contributed by atoms with Crippen molar-refractivity contribution in [2.45, 2.75) is 39.7 Å². The lowest BCUT2D eigenvalue weighted by Crippen LogP contribution is -2.40. The van der Waals surface area contributed by atoms with Crippen LogP contribution in [0.2, 0.25) is 5.02 Å². The smallest absolute Gasteiger partial charge is 0.194 e. The summed E-state index contributed by atoms with van der Waals surface area (Å²) in [5, 5.41) is 4.20. The Kier molecular flexibility index (Phi) is 11.0.